The molecule has 1 N–H and O–H groups in total. The zero-order valence-electron chi connectivity index (χ0n) is 9.75. The van der Waals surface area contributed by atoms with Crippen molar-refractivity contribution >= 4 is 11.7 Å². The molecule has 0 aliphatic carbocycles. The number of benzene rings is 1. The van der Waals surface area contributed by atoms with Gasteiger partial charge in [-0.25, -0.2) is 4.39 Å². The van der Waals surface area contributed by atoms with Gasteiger partial charge in [0.05, 0.1) is 18.6 Å². The van der Waals surface area contributed by atoms with Crippen LogP contribution in [0.2, 0.25) is 0 Å². The molecule has 0 bridgehead atoms. The fourth-order valence-corrected chi connectivity index (χ4v) is 1.28. The van der Waals surface area contributed by atoms with Crippen LogP contribution in [-0.2, 0) is 4.79 Å². The number of halogens is 1. The van der Waals surface area contributed by atoms with Crippen LogP contribution in [0.5, 0.6) is 5.75 Å². The SMILES string of the molecule is CNC(=O)CCOc1ccc(F)cc1C(C)=O. The largest absolute Gasteiger partial charge is 0.492 e. The van der Waals surface area contributed by atoms with Crippen molar-refractivity contribution in [3.8, 4) is 5.75 Å². The lowest BCUT2D eigenvalue weighted by molar-refractivity contribution is -0.121. The first kappa shape index (κ1) is 13.2. The number of ketones is 1. The van der Waals surface area contributed by atoms with E-state index in [1.165, 1.54) is 26.1 Å². The molecule has 4 nitrogen and oxygen atoms in total. The normalized spacial score (nSPS) is 9.82. The van der Waals surface area contributed by atoms with E-state index in [0.717, 1.165) is 6.07 Å². The van der Waals surface area contributed by atoms with Crippen LogP contribution in [0.25, 0.3) is 0 Å². The second kappa shape index (κ2) is 5.98. The van der Waals surface area contributed by atoms with Crippen molar-refractivity contribution in [2.75, 3.05) is 13.7 Å². The van der Waals surface area contributed by atoms with Gasteiger partial charge in [-0.15, -0.1) is 0 Å². The average molecular weight is 239 g/mol. The van der Waals surface area contributed by atoms with Crippen LogP contribution in [0.1, 0.15) is 23.7 Å². The molecule has 0 radical (unpaired) electrons. The van der Waals surface area contributed by atoms with E-state index in [4.69, 9.17) is 4.74 Å². The molecule has 0 unspecified atom stereocenters. The molecule has 0 spiro atoms. The highest BCUT2D eigenvalue weighted by Crippen LogP contribution is 2.20. The molecule has 92 valence electrons. The summed E-state index contributed by atoms with van der Waals surface area (Å²) in [6.45, 7) is 1.48. The number of rotatable bonds is 5. The minimum atomic E-state index is -0.492. The third kappa shape index (κ3) is 3.86. The maximum absolute atomic E-state index is 12.9. The Morgan fingerprint density at radius 3 is 2.71 bits per heavy atom. The minimum absolute atomic E-state index is 0.144. The quantitative estimate of drug-likeness (QED) is 0.793. The number of Topliss-reactive ketones (excluding diaryl/α,β-unsaturated/α-hetero) is 1. The lowest BCUT2D eigenvalue weighted by atomic mass is 10.1. The third-order valence-corrected chi connectivity index (χ3v) is 2.19. The van der Waals surface area contributed by atoms with Gasteiger partial charge in [0.1, 0.15) is 11.6 Å². The van der Waals surface area contributed by atoms with E-state index >= 15 is 0 Å². The van der Waals surface area contributed by atoms with Crippen LogP contribution in [0.3, 0.4) is 0 Å². The van der Waals surface area contributed by atoms with Gasteiger partial charge in [0, 0.05) is 7.05 Å². The van der Waals surface area contributed by atoms with E-state index in [-0.39, 0.29) is 30.3 Å². The summed E-state index contributed by atoms with van der Waals surface area (Å²) in [4.78, 5) is 22.2. The van der Waals surface area contributed by atoms with Crippen molar-refractivity contribution in [1.29, 1.82) is 0 Å². The van der Waals surface area contributed by atoms with Gasteiger partial charge in [-0.05, 0) is 25.1 Å². The Labute approximate surface area is 98.8 Å². The maximum atomic E-state index is 12.9. The van der Waals surface area contributed by atoms with Gasteiger partial charge < -0.3 is 10.1 Å². The highest BCUT2D eigenvalue weighted by molar-refractivity contribution is 5.96. The summed E-state index contributed by atoms with van der Waals surface area (Å²) in [6.07, 6.45) is 0.186. The first-order valence-electron chi connectivity index (χ1n) is 5.18. The van der Waals surface area contributed by atoms with Gasteiger partial charge in [-0.3, -0.25) is 9.59 Å². The van der Waals surface area contributed by atoms with Gasteiger partial charge >= 0.3 is 0 Å². The second-order valence-corrected chi connectivity index (χ2v) is 3.47. The van der Waals surface area contributed by atoms with E-state index in [1.54, 1.807) is 0 Å². The fourth-order valence-electron chi connectivity index (χ4n) is 1.28. The van der Waals surface area contributed by atoms with Crippen molar-refractivity contribution in [3.05, 3.63) is 29.6 Å². The van der Waals surface area contributed by atoms with E-state index in [9.17, 15) is 14.0 Å². The maximum Gasteiger partial charge on any atom is 0.223 e. The molecule has 1 aromatic carbocycles. The predicted molar refractivity (Wildman–Crippen MR) is 60.6 cm³/mol. The second-order valence-electron chi connectivity index (χ2n) is 3.47. The summed E-state index contributed by atoms with van der Waals surface area (Å²) in [5, 5.41) is 2.45. The zero-order chi connectivity index (χ0) is 12.8. The Bertz CT molecular complexity index is 432. The number of carbonyl (C=O) groups is 2. The first-order valence-corrected chi connectivity index (χ1v) is 5.18. The van der Waals surface area contributed by atoms with Crippen LogP contribution in [-0.4, -0.2) is 25.3 Å². The van der Waals surface area contributed by atoms with Gasteiger partial charge in [-0.1, -0.05) is 0 Å². The number of hydrogen-bond donors (Lipinski definition) is 1. The summed E-state index contributed by atoms with van der Waals surface area (Å²) in [5.41, 5.74) is 0.182. The number of hydrogen-bond acceptors (Lipinski definition) is 3. The van der Waals surface area contributed by atoms with Crippen molar-refractivity contribution in [2.45, 2.75) is 13.3 Å². The first-order chi connectivity index (χ1) is 8.04. The highest BCUT2D eigenvalue weighted by Gasteiger charge is 2.10. The summed E-state index contributed by atoms with van der Waals surface area (Å²) in [6, 6.07) is 3.72. The molecule has 0 saturated heterocycles. The molecule has 0 aliphatic heterocycles. The summed E-state index contributed by atoms with van der Waals surface area (Å²) < 4.78 is 18.2. The number of ether oxygens (including phenoxy) is 1. The lowest BCUT2D eigenvalue weighted by Crippen LogP contribution is -2.20. The van der Waals surface area contributed by atoms with Crippen molar-refractivity contribution in [3.63, 3.8) is 0 Å². The van der Waals surface area contributed by atoms with Crippen LogP contribution in [0.4, 0.5) is 4.39 Å². The third-order valence-electron chi connectivity index (χ3n) is 2.19. The molecule has 1 rings (SSSR count). The van der Waals surface area contributed by atoms with Gasteiger partial charge in [0.2, 0.25) is 5.91 Å². The Balaban J connectivity index is 2.70. The van der Waals surface area contributed by atoms with Crippen molar-refractivity contribution in [2.24, 2.45) is 0 Å². The van der Waals surface area contributed by atoms with E-state index < -0.39 is 5.82 Å². The molecule has 0 fully saturated rings. The molecule has 1 amide bonds. The summed E-state index contributed by atoms with van der Waals surface area (Å²) in [5.74, 6) is -0.632. The summed E-state index contributed by atoms with van der Waals surface area (Å²) in [7, 11) is 1.53. The number of nitrogens with one attached hydrogen (secondary N) is 1. The smallest absolute Gasteiger partial charge is 0.223 e. The number of carbonyl (C=O) groups excluding carboxylic acids is 2. The van der Waals surface area contributed by atoms with E-state index in [1.807, 2.05) is 0 Å². The molecule has 5 heteroatoms. The molecule has 0 aliphatic rings. The standard InChI is InChI=1S/C12H14FNO3/c1-8(15)10-7-9(13)3-4-11(10)17-6-5-12(16)14-2/h3-4,7H,5-6H2,1-2H3,(H,14,16). The Morgan fingerprint density at radius 2 is 2.12 bits per heavy atom. The minimum Gasteiger partial charge on any atom is -0.492 e. The molecular weight excluding hydrogens is 225 g/mol. The van der Waals surface area contributed by atoms with E-state index in [2.05, 4.69) is 5.32 Å². The molecule has 0 heterocycles. The highest BCUT2D eigenvalue weighted by atomic mass is 19.1. The van der Waals surface area contributed by atoms with Gasteiger partial charge in [-0.2, -0.15) is 0 Å². The topological polar surface area (TPSA) is 55.4 Å². The Morgan fingerprint density at radius 1 is 1.41 bits per heavy atom. The zero-order valence-corrected chi connectivity index (χ0v) is 9.75. The van der Waals surface area contributed by atoms with Crippen molar-refractivity contribution < 1.29 is 18.7 Å². The average Bonchev–Trinajstić information content (AvgIpc) is 2.30. The van der Waals surface area contributed by atoms with Gasteiger partial charge in [0.15, 0.2) is 5.78 Å². The summed E-state index contributed by atoms with van der Waals surface area (Å²) >= 11 is 0. The fraction of sp³-hybridized carbons (Fsp3) is 0.333. The van der Waals surface area contributed by atoms with Crippen molar-refractivity contribution in [1.82, 2.24) is 5.32 Å². The van der Waals surface area contributed by atoms with E-state index in [0.29, 0.717) is 5.75 Å². The Kier molecular flexibility index (Phi) is 4.63. The molecule has 0 saturated carbocycles. The van der Waals surface area contributed by atoms with Gasteiger partial charge in [0.25, 0.3) is 0 Å². The monoisotopic (exact) mass is 239 g/mol. The van der Waals surface area contributed by atoms with Crippen LogP contribution in [0.15, 0.2) is 18.2 Å². The lowest BCUT2D eigenvalue weighted by Gasteiger charge is -2.09. The van der Waals surface area contributed by atoms with Crippen LogP contribution < -0.4 is 10.1 Å². The molecule has 17 heavy (non-hydrogen) atoms. The number of amides is 1. The molecule has 1 aromatic rings. The molecule has 0 aromatic heterocycles. The Hall–Kier alpha value is -1.91. The molecule has 0 atom stereocenters. The predicted octanol–water partition coefficient (Wildman–Crippen LogP) is 1.54. The molecular formula is C12H14FNO3. The van der Waals surface area contributed by atoms with Crippen LogP contribution >= 0.6 is 0 Å². The van der Waals surface area contributed by atoms with Crippen LogP contribution in [0, 0.1) is 5.82 Å².